The summed E-state index contributed by atoms with van der Waals surface area (Å²) in [6.07, 6.45) is 0. The van der Waals surface area contributed by atoms with Crippen LogP contribution >= 0.6 is 0 Å². The number of benzene rings is 1. The fourth-order valence-corrected chi connectivity index (χ4v) is 2.55. The SMILES string of the molecule is CC(CO)(CO)C(=O)NS(=O)(=O)c1c(F)c(F)c(F)c(F)c1F. The van der Waals surface area contributed by atoms with Gasteiger partial charge in [-0.3, -0.25) is 4.79 Å². The average Bonchev–Trinajstić information content (AvgIpc) is 2.49. The molecule has 0 heterocycles. The van der Waals surface area contributed by atoms with E-state index in [0.717, 1.165) is 11.6 Å². The van der Waals surface area contributed by atoms with Gasteiger partial charge >= 0.3 is 0 Å². The lowest BCUT2D eigenvalue weighted by atomic mass is 9.92. The maximum atomic E-state index is 13.5. The van der Waals surface area contributed by atoms with Crippen molar-refractivity contribution in [2.75, 3.05) is 13.2 Å². The molecule has 0 aliphatic carbocycles. The first kappa shape index (κ1) is 19.3. The minimum absolute atomic E-state index is 0.899. The van der Waals surface area contributed by atoms with E-state index >= 15 is 0 Å². The summed E-state index contributed by atoms with van der Waals surface area (Å²) in [5.41, 5.74) is -2.07. The van der Waals surface area contributed by atoms with E-state index in [9.17, 15) is 35.2 Å². The van der Waals surface area contributed by atoms with Crippen LogP contribution in [0, 0.1) is 34.5 Å². The van der Waals surface area contributed by atoms with E-state index in [-0.39, 0.29) is 0 Å². The third-order valence-electron chi connectivity index (χ3n) is 2.91. The first-order valence-corrected chi connectivity index (χ1v) is 7.21. The fourth-order valence-electron chi connectivity index (χ4n) is 1.31. The number of hydrogen-bond acceptors (Lipinski definition) is 5. The molecule has 0 radical (unpaired) electrons. The van der Waals surface area contributed by atoms with Crippen molar-refractivity contribution in [1.29, 1.82) is 0 Å². The molecule has 0 spiro atoms. The molecule has 12 heteroatoms. The molecule has 0 aromatic heterocycles. The van der Waals surface area contributed by atoms with Gasteiger partial charge in [0.15, 0.2) is 28.2 Å². The number of carbonyl (C=O) groups is 1. The van der Waals surface area contributed by atoms with E-state index in [1.807, 2.05) is 0 Å². The average molecular weight is 363 g/mol. The van der Waals surface area contributed by atoms with Crippen molar-refractivity contribution in [3.63, 3.8) is 0 Å². The fraction of sp³-hybridized carbons (Fsp3) is 0.364. The molecular formula is C11H10F5NO5S. The van der Waals surface area contributed by atoms with Crippen molar-refractivity contribution < 1.29 is 45.4 Å². The zero-order chi connectivity index (χ0) is 18.2. The monoisotopic (exact) mass is 363 g/mol. The summed E-state index contributed by atoms with van der Waals surface area (Å²) in [5, 5.41) is 17.8. The van der Waals surface area contributed by atoms with Gasteiger partial charge in [0.25, 0.3) is 10.0 Å². The Morgan fingerprint density at radius 2 is 1.30 bits per heavy atom. The van der Waals surface area contributed by atoms with Crippen molar-refractivity contribution in [3.8, 4) is 0 Å². The minimum atomic E-state index is -5.50. The van der Waals surface area contributed by atoms with Gasteiger partial charge in [-0.1, -0.05) is 0 Å². The van der Waals surface area contributed by atoms with Crippen molar-refractivity contribution in [1.82, 2.24) is 4.72 Å². The van der Waals surface area contributed by atoms with E-state index in [0.29, 0.717) is 0 Å². The van der Waals surface area contributed by atoms with Crippen LogP contribution in [0.5, 0.6) is 0 Å². The second-order valence-corrected chi connectivity index (χ2v) is 6.33. The second kappa shape index (κ2) is 6.37. The summed E-state index contributed by atoms with van der Waals surface area (Å²) >= 11 is 0. The molecule has 1 amide bonds. The predicted molar refractivity (Wildman–Crippen MR) is 63.8 cm³/mol. The summed E-state index contributed by atoms with van der Waals surface area (Å²) in [6.45, 7) is -1.21. The van der Waals surface area contributed by atoms with E-state index < -0.39 is 68.5 Å². The number of nitrogens with one attached hydrogen (secondary N) is 1. The highest BCUT2D eigenvalue weighted by molar-refractivity contribution is 7.90. The van der Waals surface area contributed by atoms with E-state index in [1.54, 1.807) is 0 Å². The Morgan fingerprint density at radius 3 is 1.65 bits per heavy atom. The normalized spacial score (nSPS) is 12.3. The van der Waals surface area contributed by atoms with Crippen LogP contribution in [0.4, 0.5) is 22.0 Å². The van der Waals surface area contributed by atoms with Crippen molar-refractivity contribution in [2.45, 2.75) is 11.8 Å². The molecule has 0 saturated carbocycles. The molecule has 0 fully saturated rings. The molecule has 130 valence electrons. The molecule has 0 saturated heterocycles. The third-order valence-corrected chi connectivity index (χ3v) is 4.26. The van der Waals surface area contributed by atoms with Crippen LogP contribution in [0.1, 0.15) is 6.92 Å². The van der Waals surface area contributed by atoms with Gasteiger partial charge in [-0.15, -0.1) is 0 Å². The zero-order valence-electron chi connectivity index (χ0n) is 11.3. The van der Waals surface area contributed by atoms with Gasteiger partial charge in [0.2, 0.25) is 11.7 Å². The molecular weight excluding hydrogens is 353 g/mol. The summed E-state index contributed by atoms with van der Waals surface area (Å²) < 4.78 is 90.4. The highest BCUT2D eigenvalue weighted by atomic mass is 32.2. The minimum Gasteiger partial charge on any atom is -0.395 e. The maximum absolute atomic E-state index is 13.5. The lowest BCUT2D eigenvalue weighted by molar-refractivity contribution is -0.132. The number of carbonyl (C=O) groups excluding carboxylic acids is 1. The standard InChI is InChI=1S/C11H10F5NO5S/c1-11(2-18,3-19)10(20)17-23(21,22)9-7(15)5(13)4(12)6(14)8(9)16/h18-19H,2-3H2,1H3,(H,17,20). The molecule has 1 aromatic rings. The molecule has 0 aliphatic heterocycles. The Morgan fingerprint density at radius 1 is 0.957 bits per heavy atom. The Labute approximate surface area is 126 Å². The Hall–Kier alpha value is -1.79. The Balaban J connectivity index is 3.45. The summed E-state index contributed by atoms with van der Waals surface area (Å²) in [7, 11) is -5.50. The number of hydrogen-bond donors (Lipinski definition) is 3. The van der Waals surface area contributed by atoms with Crippen LogP contribution in [-0.4, -0.2) is 37.8 Å². The Kier molecular flexibility index (Phi) is 5.34. The van der Waals surface area contributed by atoms with Gasteiger partial charge in [-0.2, -0.15) is 0 Å². The second-order valence-electron chi connectivity index (χ2n) is 4.71. The third kappa shape index (κ3) is 3.28. The van der Waals surface area contributed by atoms with Gasteiger partial charge in [0.1, 0.15) is 0 Å². The largest absolute Gasteiger partial charge is 0.395 e. The van der Waals surface area contributed by atoms with Crippen LogP contribution in [0.3, 0.4) is 0 Å². The van der Waals surface area contributed by atoms with Gasteiger partial charge in [-0.25, -0.2) is 35.1 Å². The molecule has 0 unspecified atom stereocenters. The van der Waals surface area contributed by atoms with Gasteiger partial charge in [0.05, 0.1) is 18.6 Å². The number of amides is 1. The number of aliphatic hydroxyl groups excluding tert-OH is 2. The van der Waals surface area contributed by atoms with Crippen molar-refractivity contribution >= 4 is 15.9 Å². The molecule has 1 rings (SSSR count). The van der Waals surface area contributed by atoms with Crippen molar-refractivity contribution in [3.05, 3.63) is 29.1 Å². The highest BCUT2D eigenvalue weighted by Gasteiger charge is 2.39. The highest BCUT2D eigenvalue weighted by Crippen LogP contribution is 2.27. The smallest absolute Gasteiger partial charge is 0.270 e. The van der Waals surface area contributed by atoms with Gasteiger partial charge in [-0.05, 0) is 6.92 Å². The van der Waals surface area contributed by atoms with E-state index in [1.165, 1.54) is 0 Å². The molecule has 0 atom stereocenters. The molecule has 1 aromatic carbocycles. The molecule has 3 N–H and O–H groups in total. The Bertz CT molecular complexity index is 719. The topological polar surface area (TPSA) is 104 Å². The number of rotatable bonds is 5. The van der Waals surface area contributed by atoms with Crippen LogP contribution in [-0.2, 0) is 14.8 Å². The maximum Gasteiger partial charge on any atom is 0.270 e. The van der Waals surface area contributed by atoms with Crippen LogP contribution in [0.15, 0.2) is 4.90 Å². The van der Waals surface area contributed by atoms with E-state index in [4.69, 9.17) is 10.2 Å². The molecule has 0 aliphatic rings. The lowest BCUT2D eigenvalue weighted by Gasteiger charge is -2.23. The van der Waals surface area contributed by atoms with Gasteiger partial charge < -0.3 is 10.2 Å². The summed E-state index contributed by atoms with van der Waals surface area (Å²) in [6, 6.07) is 0. The first-order valence-electron chi connectivity index (χ1n) is 5.73. The first-order chi connectivity index (χ1) is 10.4. The number of halogens is 5. The summed E-state index contributed by atoms with van der Waals surface area (Å²) in [4.78, 5) is 9.41. The molecule has 6 nitrogen and oxygen atoms in total. The van der Waals surface area contributed by atoms with Crippen LogP contribution in [0.2, 0.25) is 0 Å². The predicted octanol–water partition coefficient (Wildman–Crippen LogP) is 0.178. The number of sulfonamides is 1. The van der Waals surface area contributed by atoms with Crippen LogP contribution < -0.4 is 4.72 Å². The number of aliphatic hydroxyl groups is 2. The lowest BCUT2D eigenvalue weighted by Crippen LogP contribution is -2.46. The van der Waals surface area contributed by atoms with E-state index in [2.05, 4.69) is 0 Å². The zero-order valence-corrected chi connectivity index (χ0v) is 12.1. The summed E-state index contributed by atoms with van der Waals surface area (Å²) in [5.74, 6) is -14.5. The molecule has 23 heavy (non-hydrogen) atoms. The van der Waals surface area contributed by atoms with Crippen LogP contribution in [0.25, 0.3) is 0 Å². The molecule has 0 bridgehead atoms. The quantitative estimate of drug-likeness (QED) is 0.393. The van der Waals surface area contributed by atoms with Crippen molar-refractivity contribution in [2.24, 2.45) is 5.41 Å². The van der Waals surface area contributed by atoms with Gasteiger partial charge in [0, 0.05) is 0 Å².